The van der Waals surface area contributed by atoms with Gasteiger partial charge in [0.1, 0.15) is 17.3 Å². The van der Waals surface area contributed by atoms with Crippen LogP contribution in [0.4, 0.5) is 4.39 Å². The molecule has 1 atom stereocenters. The second kappa shape index (κ2) is 11.8. The lowest BCUT2D eigenvalue weighted by Gasteiger charge is -2.18. The molecular formula is C24H31FIN5O. The summed E-state index contributed by atoms with van der Waals surface area (Å²) in [6.07, 6.45) is 0.877. The van der Waals surface area contributed by atoms with E-state index in [1.807, 2.05) is 42.9 Å². The Hall–Kier alpha value is -2.62. The number of ether oxygens (including phenoxy) is 1. The van der Waals surface area contributed by atoms with Crippen LogP contribution in [0.5, 0.6) is 11.5 Å². The van der Waals surface area contributed by atoms with Crippen molar-refractivity contribution in [2.75, 3.05) is 7.05 Å². The highest BCUT2D eigenvalue weighted by Crippen LogP contribution is 2.21. The van der Waals surface area contributed by atoms with Gasteiger partial charge >= 0.3 is 0 Å². The standard InChI is InChI=1S/C24H30FN5O.HI/c1-16(14-23-17(2)29-30(5)18(23)3)28-24(26-4)27-15-19-6-10-21(11-7-19)31-22-12-8-20(25)9-13-22;/h6-13,16H,14-15H2,1-5H3,(H2,26,27,28);1H. The fraction of sp³-hybridized carbons (Fsp3) is 0.333. The summed E-state index contributed by atoms with van der Waals surface area (Å²) in [6, 6.07) is 14.0. The maximum atomic E-state index is 13.0. The fourth-order valence-electron chi connectivity index (χ4n) is 3.40. The summed E-state index contributed by atoms with van der Waals surface area (Å²) in [7, 11) is 3.74. The minimum atomic E-state index is -0.282. The highest BCUT2D eigenvalue weighted by Gasteiger charge is 2.14. The maximum absolute atomic E-state index is 13.0. The summed E-state index contributed by atoms with van der Waals surface area (Å²) in [5, 5.41) is 11.3. The zero-order chi connectivity index (χ0) is 22.4. The first-order valence-electron chi connectivity index (χ1n) is 10.3. The Morgan fingerprint density at radius 1 is 1.09 bits per heavy atom. The van der Waals surface area contributed by atoms with E-state index in [1.54, 1.807) is 19.2 Å². The molecular weight excluding hydrogens is 520 g/mol. The van der Waals surface area contributed by atoms with E-state index in [0.717, 1.165) is 23.6 Å². The van der Waals surface area contributed by atoms with Gasteiger partial charge in [-0.25, -0.2) is 4.39 Å². The quantitative estimate of drug-likeness (QED) is 0.250. The lowest BCUT2D eigenvalue weighted by Crippen LogP contribution is -2.42. The van der Waals surface area contributed by atoms with Gasteiger partial charge in [0.05, 0.1) is 5.69 Å². The lowest BCUT2D eigenvalue weighted by molar-refractivity contribution is 0.480. The Morgan fingerprint density at radius 3 is 2.22 bits per heavy atom. The van der Waals surface area contributed by atoms with Gasteiger partial charge in [0, 0.05) is 32.4 Å². The third kappa shape index (κ3) is 6.94. The zero-order valence-corrected chi connectivity index (χ0v) is 21.5. The topological polar surface area (TPSA) is 63.5 Å². The van der Waals surface area contributed by atoms with Crippen molar-refractivity contribution in [2.45, 2.75) is 39.8 Å². The summed E-state index contributed by atoms with van der Waals surface area (Å²) in [5.74, 6) is 1.77. The molecule has 6 nitrogen and oxygen atoms in total. The van der Waals surface area contributed by atoms with E-state index in [1.165, 1.54) is 23.4 Å². The van der Waals surface area contributed by atoms with Crippen molar-refractivity contribution < 1.29 is 9.13 Å². The van der Waals surface area contributed by atoms with Crippen molar-refractivity contribution in [3.63, 3.8) is 0 Å². The molecule has 1 aromatic heterocycles. The molecule has 0 spiro atoms. The fourth-order valence-corrected chi connectivity index (χ4v) is 3.40. The van der Waals surface area contributed by atoms with Crippen LogP contribution in [0.1, 0.15) is 29.4 Å². The van der Waals surface area contributed by atoms with Crippen molar-refractivity contribution in [2.24, 2.45) is 12.0 Å². The third-order valence-electron chi connectivity index (χ3n) is 5.21. The van der Waals surface area contributed by atoms with E-state index >= 15 is 0 Å². The zero-order valence-electron chi connectivity index (χ0n) is 19.1. The number of hydrogen-bond donors (Lipinski definition) is 2. The number of aliphatic imine (C=N–C) groups is 1. The van der Waals surface area contributed by atoms with E-state index < -0.39 is 0 Å². The number of nitrogens with one attached hydrogen (secondary N) is 2. The number of hydrogen-bond acceptors (Lipinski definition) is 3. The van der Waals surface area contributed by atoms with Gasteiger partial charge in [0.2, 0.25) is 0 Å². The molecule has 0 aliphatic carbocycles. The van der Waals surface area contributed by atoms with Crippen LogP contribution in [0.25, 0.3) is 0 Å². The Balaban J connectivity index is 0.00000363. The van der Waals surface area contributed by atoms with Gasteiger partial charge < -0.3 is 15.4 Å². The average Bonchev–Trinajstić information content (AvgIpc) is 2.99. The summed E-state index contributed by atoms with van der Waals surface area (Å²) in [4.78, 5) is 4.33. The van der Waals surface area contributed by atoms with E-state index in [9.17, 15) is 4.39 Å². The first-order chi connectivity index (χ1) is 14.9. The van der Waals surface area contributed by atoms with Gasteiger partial charge in [-0.3, -0.25) is 9.67 Å². The average molecular weight is 551 g/mol. The van der Waals surface area contributed by atoms with Crippen LogP contribution in [0.2, 0.25) is 0 Å². The first kappa shape index (κ1) is 25.6. The van der Waals surface area contributed by atoms with E-state index in [0.29, 0.717) is 18.0 Å². The Labute approximate surface area is 206 Å². The number of halogens is 2. The number of rotatable bonds is 7. The molecule has 2 aromatic carbocycles. The second-order valence-electron chi connectivity index (χ2n) is 7.65. The number of benzene rings is 2. The summed E-state index contributed by atoms with van der Waals surface area (Å²) in [6.45, 7) is 6.92. The molecule has 0 radical (unpaired) electrons. The van der Waals surface area contributed by atoms with Crippen molar-refractivity contribution in [3.8, 4) is 11.5 Å². The van der Waals surface area contributed by atoms with Gasteiger partial charge in [-0.1, -0.05) is 12.1 Å². The second-order valence-corrected chi connectivity index (χ2v) is 7.65. The maximum Gasteiger partial charge on any atom is 0.191 e. The molecule has 0 saturated heterocycles. The van der Waals surface area contributed by atoms with Crippen molar-refractivity contribution in [1.82, 2.24) is 20.4 Å². The van der Waals surface area contributed by atoms with E-state index in [-0.39, 0.29) is 35.8 Å². The highest BCUT2D eigenvalue weighted by atomic mass is 127. The summed E-state index contributed by atoms with van der Waals surface area (Å²) >= 11 is 0. The largest absolute Gasteiger partial charge is 0.457 e. The lowest BCUT2D eigenvalue weighted by atomic mass is 10.1. The summed E-state index contributed by atoms with van der Waals surface area (Å²) in [5.41, 5.74) is 4.63. The highest BCUT2D eigenvalue weighted by molar-refractivity contribution is 14.0. The van der Waals surface area contributed by atoms with E-state index in [2.05, 4.69) is 34.6 Å². The molecule has 32 heavy (non-hydrogen) atoms. The minimum Gasteiger partial charge on any atom is -0.457 e. The smallest absolute Gasteiger partial charge is 0.191 e. The number of nitrogens with zero attached hydrogens (tertiary/aromatic N) is 3. The van der Waals surface area contributed by atoms with Crippen molar-refractivity contribution in [3.05, 3.63) is 76.9 Å². The normalized spacial score (nSPS) is 12.1. The van der Waals surface area contributed by atoms with Crippen LogP contribution >= 0.6 is 24.0 Å². The SMILES string of the molecule is CN=C(NCc1ccc(Oc2ccc(F)cc2)cc1)NC(C)Cc1c(C)nn(C)c1C.I. The Morgan fingerprint density at radius 2 is 1.69 bits per heavy atom. The molecule has 2 N–H and O–H groups in total. The Bertz CT molecular complexity index is 1030. The Kier molecular flexibility index (Phi) is 9.49. The molecule has 0 aliphatic rings. The number of aromatic nitrogens is 2. The van der Waals surface area contributed by atoms with Gasteiger partial charge in [0.25, 0.3) is 0 Å². The van der Waals surface area contributed by atoms with Gasteiger partial charge in [-0.15, -0.1) is 24.0 Å². The molecule has 3 aromatic rings. The molecule has 0 aliphatic heterocycles. The summed E-state index contributed by atoms with van der Waals surface area (Å²) < 4.78 is 20.7. The minimum absolute atomic E-state index is 0. The first-order valence-corrected chi connectivity index (χ1v) is 10.3. The molecule has 172 valence electrons. The molecule has 0 bridgehead atoms. The molecule has 0 saturated carbocycles. The monoisotopic (exact) mass is 551 g/mol. The van der Waals surface area contributed by atoms with Gasteiger partial charge in [-0.2, -0.15) is 5.10 Å². The van der Waals surface area contributed by atoms with Crippen LogP contribution in [-0.4, -0.2) is 28.8 Å². The molecule has 3 rings (SSSR count). The molecule has 1 heterocycles. The molecule has 0 fully saturated rings. The number of guanidine groups is 1. The van der Waals surface area contributed by atoms with Crippen molar-refractivity contribution >= 4 is 29.9 Å². The van der Waals surface area contributed by atoms with Crippen LogP contribution in [0.3, 0.4) is 0 Å². The van der Waals surface area contributed by atoms with Gasteiger partial charge in [-0.05, 0) is 74.7 Å². The molecule has 1 unspecified atom stereocenters. The van der Waals surface area contributed by atoms with Crippen LogP contribution in [0, 0.1) is 19.7 Å². The van der Waals surface area contributed by atoms with Crippen LogP contribution in [-0.2, 0) is 20.0 Å². The van der Waals surface area contributed by atoms with Gasteiger partial charge in [0.15, 0.2) is 5.96 Å². The predicted molar refractivity (Wildman–Crippen MR) is 138 cm³/mol. The predicted octanol–water partition coefficient (Wildman–Crippen LogP) is 4.88. The van der Waals surface area contributed by atoms with E-state index in [4.69, 9.17) is 4.74 Å². The van der Waals surface area contributed by atoms with Crippen LogP contribution in [0.15, 0.2) is 53.5 Å². The van der Waals surface area contributed by atoms with Crippen molar-refractivity contribution in [1.29, 1.82) is 0 Å². The third-order valence-corrected chi connectivity index (χ3v) is 5.21. The van der Waals surface area contributed by atoms with Crippen LogP contribution < -0.4 is 15.4 Å². The molecule has 8 heteroatoms. The molecule has 0 amide bonds. The number of aryl methyl sites for hydroxylation is 2.